The Hall–Kier alpha value is 0.400. The molecular formula is C20H45BrN2. The summed E-state index contributed by atoms with van der Waals surface area (Å²) in [5, 5.41) is 0. The van der Waals surface area contributed by atoms with Gasteiger partial charge in [0.1, 0.15) is 0 Å². The highest BCUT2D eigenvalue weighted by Gasteiger charge is 2.05. The molecule has 0 aliphatic rings. The second-order valence-corrected chi connectivity index (χ2v) is 8.21. The Balaban J connectivity index is 0. The van der Waals surface area contributed by atoms with Gasteiger partial charge in [0.15, 0.2) is 0 Å². The van der Waals surface area contributed by atoms with Crippen LogP contribution in [-0.4, -0.2) is 57.2 Å². The Morgan fingerprint density at radius 3 is 1.43 bits per heavy atom. The second kappa shape index (κ2) is 17.2. The molecule has 0 N–H and O–H groups in total. The third kappa shape index (κ3) is 22.4. The lowest BCUT2D eigenvalue weighted by molar-refractivity contribution is -0.870. The van der Waals surface area contributed by atoms with E-state index in [1.165, 1.54) is 96.7 Å². The zero-order chi connectivity index (χ0) is 16.7. The maximum atomic E-state index is 2.54. The average Bonchev–Trinajstić information content (AvgIpc) is 2.44. The molecule has 3 heteroatoms. The van der Waals surface area contributed by atoms with E-state index in [0.717, 1.165) is 4.48 Å². The standard InChI is InChI=1S/C20H45N2.BrH/c1-6-7-8-9-10-11-12-15-18-21(2)19-16-13-14-17-20-22(3,4)5;/h6-20H2,1-5H3;1H/q+1;/p-1. The molecular weight excluding hydrogens is 348 g/mol. The minimum absolute atomic E-state index is 0. The molecule has 0 saturated heterocycles. The maximum absolute atomic E-state index is 2.54. The molecule has 0 atom stereocenters. The van der Waals surface area contributed by atoms with E-state index in [2.05, 4.69) is 40.0 Å². The monoisotopic (exact) mass is 392 g/mol. The van der Waals surface area contributed by atoms with Crippen molar-refractivity contribution in [2.24, 2.45) is 0 Å². The molecule has 0 radical (unpaired) electrons. The minimum Gasteiger partial charge on any atom is -1.00 e. The zero-order valence-electron chi connectivity index (χ0n) is 16.9. The molecule has 23 heavy (non-hydrogen) atoms. The molecule has 2 nitrogen and oxygen atoms in total. The van der Waals surface area contributed by atoms with Crippen LogP contribution in [0.2, 0.25) is 0 Å². The summed E-state index contributed by atoms with van der Waals surface area (Å²) in [6.07, 6.45) is 17.0. The van der Waals surface area contributed by atoms with Gasteiger partial charge in [0, 0.05) is 0 Å². The number of rotatable bonds is 16. The molecule has 0 spiro atoms. The van der Waals surface area contributed by atoms with Gasteiger partial charge in [-0.1, -0.05) is 58.3 Å². The van der Waals surface area contributed by atoms with Gasteiger partial charge in [-0.15, -0.1) is 0 Å². The highest BCUT2D eigenvalue weighted by Crippen LogP contribution is 2.09. The van der Waals surface area contributed by atoms with E-state index in [1.807, 2.05) is 0 Å². The summed E-state index contributed by atoms with van der Waals surface area (Å²) in [7, 11) is 9.17. The molecule has 0 unspecified atom stereocenters. The van der Waals surface area contributed by atoms with Crippen molar-refractivity contribution in [1.29, 1.82) is 0 Å². The van der Waals surface area contributed by atoms with E-state index in [1.54, 1.807) is 0 Å². The summed E-state index contributed by atoms with van der Waals surface area (Å²) < 4.78 is 1.11. The van der Waals surface area contributed by atoms with E-state index in [0.29, 0.717) is 0 Å². The number of nitrogens with zero attached hydrogens (tertiary/aromatic N) is 2. The highest BCUT2D eigenvalue weighted by atomic mass is 79.9. The van der Waals surface area contributed by atoms with Gasteiger partial charge < -0.3 is 26.4 Å². The Morgan fingerprint density at radius 2 is 1.00 bits per heavy atom. The number of halogens is 1. The van der Waals surface area contributed by atoms with Crippen LogP contribution >= 0.6 is 0 Å². The van der Waals surface area contributed by atoms with Crippen LogP contribution in [0.25, 0.3) is 0 Å². The van der Waals surface area contributed by atoms with Crippen molar-refractivity contribution in [3.05, 3.63) is 0 Å². The quantitative estimate of drug-likeness (QED) is 0.287. The molecule has 142 valence electrons. The summed E-state index contributed by atoms with van der Waals surface area (Å²) in [6, 6.07) is 0. The van der Waals surface area contributed by atoms with Crippen LogP contribution in [0.1, 0.15) is 84.0 Å². The Bertz CT molecular complexity index is 226. The van der Waals surface area contributed by atoms with Crippen molar-refractivity contribution in [2.75, 3.05) is 47.8 Å². The van der Waals surface area contributed by atoms with Crippen molar-refractivity contribution in [3.8, 4) is 0 Å². The zero-order valence-corrected chi connectivity index (χ0v) is 18.5. The van der Waals surface area contributed by atoms with Crippen molar-refractivity contribution < 1.29 is 21.5 Å². The van der Waals surface area contributed by atoms with Crippen molar-refractivity contribution in [2.45, 2.75) is 84.0 Å². The molecule has 0 aromatic rings. The molecule has 0 aliphatic carbocycles. The van der Waals surface area contributed by atoms with Crippen molar-refractivity contribution in [1.82, 2.24) is 4.90 Å². The third-order valence-corrected chi connectivity index (χ3v) is 4.51. The maximum Gasteiger partial charge on any atom is 0.0780 e. The average molecular weight is 393 g/mol. The van der Waals surface area contributed by atoms with Crippen LogP contribution in [0.3, 0.4) is 0 Å². The predicted octanol–water partition coefficient (Wildman–Crippen LogP) is 2.33. The molecule has 0 bridgehead atoms. The summed E-state index contributed by atoms with van der Waals surface area (Å²) in [5.74, 6) is 0. The van der Waals surface area contributed by atoms with E-state index in [-0.39, 0.29) is 17.0 Å². The van der Waals surface area contributed by atoms with Crippen LogP contribution < -0.4 is 17.0 Å². The predicted molar refractivity (Wildman–Crippen MR) is 101 cm³/mol. The first kappa shape index (κ1) is 25.6. The first-order valence-corrected chi connectivity index (χ1v) is 9.94. The van der Waals surface area contributed by atoms with E-state index >= 15 is 0 Å². The minimum atomic E-state index is 0. The largest absolute Gasteiger partial charge is 1.00 e. The van der Waals surface area contributed by atoms with E-state index in [4.69, 9.17) is 0 Å². The second-order valence-electron chi connectivity index (χ2n) is 8.21. The van der Waals surface area contributed by atoms with Crippen LogP contribution in [0, 0.1) is 0 Å². The van der Waals surface area contributed by atoms with Gasteiger partial charge in [-0.25, -0.2) is 0 Å². The van der Waals surface area contributed by atoms with Gasteiger partial charge in [0.2, 0.25) is 0 Å². The van der Waals surface area contributed by atoms with Gasteiger partial charge >= 0.3 is 0 Å². The van der Waals surface area contributed by atoms with Gasteiger partial charge in [0.05, 0.1) is 27.7 Å². The molecule has 0 aliphatic heterocycles. The molecule has 0 saturated carbocycles. The lowest BCUT2D eigenvalue weighted by atomic mass is 10.1. The Kier molecular flexibility index (Phi) is 19.2. The van der Waals surface area contributed by atoms with Crippen LogP contribution in [0.4, 0.5) is 0 Å². The third-order valence-electron chi connectivity index (χ3n) is 4.51. The van der Waals surface area contributed by atoms with E-state index in [9.17, 15) is 0 Å². The normalized spacial score (nSPS) is 11.7. The fourth-order valence-corrected chi connectivity index (χ4v) is 2.95. The molecule has 0 aromatic heterocycles. The fraction of sp³-hybridized carbons (Fsp3) is 1.00. The summed E-state index contributed by atoms with van der Waals surface area (Å²) in [4.78, 5) is 2.54. The van der Waals surface area contributed by atoms with Gasteiger partial charge in [0.25, 0.3) is 0 Å². The van der Waals surface area contributed by atoms with Crippen LogP contribution in [0.5, 0.6) is 0 Å². The van der Waals surface area contributed by atoms with Crippen LogP contribution in [0.15, 0.2) is 0 Å². The first-order valence-electron chi connectivity index (χ1n) is 9.94. The number of hydrogen-bond donors (Lipinski definition) is 0. The molecule has 0 heterocycles. The SMILES string of the molecule is CCCCCCCCCCN(C)CCCCCC[N+](C)(C)C.[Br-]. The number of quaternary nitrogens is 1. The fourth-order valence-electron chi connectivity index (χ4n) is 2.95. The summed E-state index contributed by atoms with van der Waals surface area (Å²) in [6.45, 7) is 6.20. The van der Waals surface area contributed by atoms with Gasteiger partial charge in [-0.3, -0.25) is 0 Å². The highest BCUT2D eigenvalue weighted by molar-refractivity contribution is 4.54. The topological polar surface area (TPSA) is 3.24 Å². The number of unbranched alkanes of at least 4 members (excludes halogenated alkanes) is 10. The molecule has 0 aromatic carbocycles. The molecule has 0 amide bonds. The molecule has 0 rings (SSSR count). The smallest absolute Gasteiger partial charge is 0.0780 e. The Labute approximate surface area is 158 Å². The lowest BCUT2D eigenvalue weighted by Crippen LogP contribution is -3.00. The van der Waals surface area contributed by atoms with E-state index < -0.39 is 0 Å². The van der Waals surface area contributed by atoms with Crippen LogP contribution in [-0.2, 0) is 0 Å². The lowest BCUT2D eigenvalue weighted by Gasteiger charge is -2.23. The molecule has 0 fully saturated rings. The van der Waals surface area contributed by atoms with Crippen molar-refractivity contribution in [3.63, 3.8) is 0 Å². The summed E-state index contributed by atoms with van der Waals surface area (Å²) in [5.41, 5.74) is 0. The van der Waals surface area contributed by atoms with Gasteiger partial charge in [-0.05, 0) is 45.8 Å². The summed E-state index contributed by atoms with van der Waals surface area (Å²) >= 11 is 0. The first-order chi connectivity index (χ1) is 10.5. The number of hydrogen-bond acceptors (Lipinski definition) is 1. The van der Waals surface area contributed by atoms with Gasteiger partial charge in [-0.2, -0.15) is 0 Å². The Morgan fingerprint density at radius 1 is 0.609 bits per heavy atom. The van der Waals surface area contributed by atoms with Crippen molar-refractivity contribution >= 4 is 0 Å².